The van der Waals surface area contributed by atoms with E-state index in [0.717, 1.165) is 44.1 Å². The summed E-state index contributed by atoms with van der Waals surface area (Å²) in [4.78, 5) is 2.28. The molecule has 0 spiro atoms. The molecule has 0 radical (unpaired) electrons. The summed E-state index contributed by atoms with van der Waals surface area (Å²) in [6.07, 6.45) is 2.33. The quantitative estimate of drug-likeness (QED) is 0.878. The molecule has 4 nitrogen and oxygen atoms in total. The highest BCUT2D eigenvalue weighted by Crippen LogP contribution is 2.30. The maximum atomic E-state index is 5.76. The summed E-state index contributed by atoms with van der Waals surface area (Å²) in [5.74, 6) is 1.40. The lowest BCUT2D eigenvalue weighted by atomic mass is 10.00. The van der Waals surface area contributed by atoms with Crippen LogP contribution in [-0.4, -0.2) is 31.2 Å². The fraction of sp³-hybridized carbons (Fsp3) is 0.727. The molecule has 2 heterocycles. The van der Waals surface area contributed by atoms with Crippen LogP contribution in [0, 0.1) is 12.8 Å². The zero-order valence-corrected chi connectivity index (χ0v) is 10.7. The Hall–Kier alpha value is -0.810. The van der Waals surface area contributed by atoms with E-state index in [2.05, 4.69) is 16.3 Å². The number of rotatable bonds is 3. The maximum Gasteiger partial charge on any atom is 0.142 e. The number of anilines is 2. The van der Waals surface area contributed by atoms with Crippen LogP contribution in [0.5, 0.6) is 0 Å². The van der Waals surface area contributed by atoms with Crippen LogP contribution in [0.3, 0.4) is 0 Å². The van der Waals surface area contributed by atoms with Gasteiger partial charge in [-0.25, -0.2) is 0 Å². The second kappa shape index (κ2) is 5.01. The largest absolute Gasteiger partial charge is 0.383 e. The molecule has 0 aliphatic carbocycles. The van der Waals surface area contributed by atoms with Crippen LogP contribution < -0.4 is 10.6 Å². The van der Waals surface area contributed by atoms with Gasteiger partial charge in [-0.3, -0.25) is 0 Å². The number of nitrogens with zero attached hydrogens (tertiary/aromatic N) is 2. The second-order valence-electron chi connectivity index (χ2n) is 4.43. The van der Waals surface area contributed by atoms with Gasteiger partial charge in [0.15, 0.2) is 0 Å². The van der Waals surface area contributed by atoms with Crippen LogP contribution in [0.25, 0.3) is 0 Å². The average Bonchev–Trinajstić information content (AvgIpc) is 2.61. The molecule has 0 atom stereocenters. The lowest BCUT2D eigenvalue weighted by molar-refractivity contribution is 0.0685. The first-order chi connectivity index (χ1) is 7.68. The molecule has 0 unspecified atom stereocenters. The predicted octanol–water partition coefficient (Wildman–Crippen LogP) is 1.90. The standard InChI is InChI=1S/C11H19N3OS/c1-8-10(12)13-16-11(8)14(2)7-9-3-5-15-6-4-9/h9H,3-7H2,1-2H3,(H2,12,13). The first-order valence-electron chi connectivity index (χ1n) is 5.69. The molecular weight excluding hydrogens is 222 g/mol. The molecule has 5 heteroatoms. The third kappa shape index (κ3) is 2.47. The molecule has 1 saturated heterocycles. The van der Waals surface area contributed by atoms with E-state index >= 15 is 0 Å². The van der Waals surface area contributed by atoms with Gasteiger partial charge in [0, 0.05) is 32.4 Å². The van der Waals surface area contributed by atoms with Gasteiger partial charge in [0.2, 0.25) is 0 Å². The Kier molecular flexibility index (Phi) is 3.66. The SMILES string of the molecule is Cc1c(N)nsc1N(C)CC1CCOCC1. The maximum absolute atomic E-state index is 5.76. The van der Waals surface area contributed by atoms with Crippen molar-refractivity contribution in [1.29, 1.82) is 0 Å². The lowest BCUT2D eigenvalue weighted by Crippen LogP contribution is -2.29. The highest BCUT2D eigenvalue weighted by Gasteiger charge is 2.18. The van der Waals surface area contributed by atoms with E-state index in [4.69, 9.17) is 10.5 Å². The lowest BCUT2D eigenvalue weighted by Gasteiger charge is -2.27. The molecule has 1 fully saturated rings. The molecule has 16 heavy (non-hydrogen) atoms. The minimum Gasteiger partial charge on any atom is -0.383 e. The summed E-state index contributed by atoms with van der Waals surface area (Å²) >= 11 is 1.49. The van der Waals surface area contributed by atoms with E-state index < -0.39 is 0 Å². The van der Waals surface area contributed by atoms with Gasteiger partial charge in [-0.05, 0) is 37.2 Å². The van der Waals surface area contributed by atoms with E-state index in [9.17, 15) is 0 Å². The third-order valence-corrected chi connectivity index (χ3v) is 4.23. The van der Waals surface area contributed by atoms with Crippen molar-refractivity contribution in [3.8, 4) is 0 Å². The highest BCUT2D eigenvalue weighted by atomic mass is 32.1. The Morgan fingerprint density at radius 1 is 1.50 bits per heavy atom. The summed E-state index contributed by atoms with van der Waals surface area (Å²) in [6, 6.07) is 0. The number of hydrogen-bond donors (Lipinski definition) is 1. The number of aromatic nitrogens is 1. The normalized spacial score (nSPS) is 17.6. The Balaban J connectivity index is 1.96. The smallest absolute Gasteiger partial charge is 0.142 e. The van der Waals surface area contributed by atoms with Crippen molar-refractivity contribution >= 4 is 22.4 Å². The topological polar surface area (TPSA) is 51.4 Å². The van der Waals surface area contributed by atoms with Gasteiger partial charge >= 0.3 is 0 Å². The van der Waals surface area contributed by atoms with Crippen LogP contribution in [0.1, 0.15) is 18.4 Å². The van der Waals surface area contributed by atoms with Crippen molar-refractivity contribution in [2.45, 2.75) is 19.8 Å². The van der Waals surface area contributed by atoms with E-state index in [1.54, 1.807) is 0 Å². The summed E-state index contributed by atoms with van der Waals surface area (Å²) in [5.41, 5.74) is 6.87. The van der Waals surface area contributed by atoms with Gasteiger partial charge in [-0.2, -0.15) is 4.37 Å². The third-order valence-electron chi connectivity index (χ3n) is 3.16. The van der Waals surface area contributed by atoms with E-state index in [0.29, 0.717) is 5.82 Å². The van der Waals surface area contributed by atoms with Crippen molar-refractivity contribution in [3.05, 3.63) is 5.56 Å². The monoisotopic (exact) mass is 241 g/mol. The average molecular weight is 241 g/mol. The van der Waals surface area contributed by atoms with Gasteiger partial charge < -0.3 is 15.4 Å². The molecule has 0 saturated carbocycles. The van der Waals surface area contributed by atoms with E-state index in [1.807, 2.05) is 6.92 Å². The summed E-state index contributed by atoms with van der Waals surface area (Å²) in [7, 11) is 2.12. The Morgan fingerprint density at radius 2 is 2.19 bits per heavy atom. The highest BCUT2D eigenvalue weighted by molar-refractivity contribution is 7.10. The molecule has 0 amide bonds. The van der Waals surface area contributed by atoms with Crippen molar-refractivity contribution in [1.82, 2.24) is 4.37 Å². The first kappa shape index (κ1) is 11.7. The number of nitrogen functional groups attached to an aromatic ring is 1. The molecule has 0 bridgehead atoms. The molecule has 90 valence electrons. The van der Waals surface area contributed by atoms with Crippen LogP contribution in [-0.2, 0) is 4.74 Å². The zero-order valence-electron chi connectivity index (χ0n) is 9.90. The Labute approximate surface area is 101 Å². The van der Waals surface area contributed by atoms with Crippen LogP contribution in [0.15, 0.2) is 0 Å². The van der Waals surface area contributed by atoms with Gasteiger partial charge in [-0.1, -0.05) is 0 Å². The van der Waals surface area contributed by atoms with Crippen LogP contribution >= 0.6 is 11.5 Å². The molecular formula is C11H19N3OS. The zero-order chi connectivity index (χ0) is 11.5. The van der Waals surface area contributed by atoms with Crippen LogP contribution in [0.2, 0.25) is 0 Å². The number of nitrogens with two attached hydrogens (primary N) is 1. The molecule has 0 aromatic carbocycles. The van der Waals surface area contributed by atoms with Gasteiger partial charge in [0.05, 0.1) is 0 Å². The molecule has 2 rings (SSSR count). The molecule has 2 N–H and O–H groups in total. The Bertz CT molecular complexity index is 347. The molecule has 1 aromatic rings. The molecule has 1 aromatic heterocycles. The van der Waals surface area contributed by atoms with Crippen LogP contribution in [0.4, 0.5) is 10.8 Å². The number of hydrogen-bond acceptors (Lipinski definition) is 5. The fourth-order valence-corrected chi connectivity index (χ4v) is 2.87. The van der Waals surface area contributed by atoms with E-state index in [-0.39, 0.29) is 0 Å². The van der Waals surface area contributed by atoms with E-state index in [1.165, 1.54) is 16.5 Å². The second-order valence-corrected chi connectivity index (χ2v) is 5.19. The Morgan fingerprint density at radius 3 is 2.75 bits per heavy atom. The van der Waals surface area contributed by atoms with Crippen molar-refractivity contribution < 1.29 is 4.74 Å². The van der Waals surface area contributed by atoms with Gasteiger partial charge in [0.1, 0.15) is 10.8 Å². The summed E-state index contributed by atoms with van der Waals surface area (Å²) in [6.45, 7) is 4.92. The van der Waals surface area contributed by atoms with Crippen molar-refractivity contribution in [2.24, 2.45) is 5.92 Å². The predicted molar refractivity (Wildman–Crippen MR) is 68.1 cm³/mol. The minimum atomic E-state index is 0.666. The minimum absolute atomic E-state index is 0.666. The molecule has 1 aliphatic rings. The van der Waals surface area contributed by atoms with Crippen molar-refractivity contribution in [3.63, 3.8) is 0 Å². The number of ether oxygens (including phenoxy) is 1. The van der Waals surface area contributed by atoms with Gasteiger partial charge in [0.25, 0.3) is 0 Å². The van der Waals surface area contributed by atoms with Gasteiger partial charge in [-0.15, -0.1) is 0 Å². The van der Waals surface area contributed by atoms with Crippen molar-refractivity contribution in [2.75, 3.05) is 37.4 Å². The fourth-order valence-electron chi connectivity index (χ4n) is 2.09. The summed E-state index contributed by atoms with van der Waals surface area (Å²) < 4.78 is 9.55. The first-order valence-corrected chi connectivity index (χ1v) is 6.46. The summed E-state index contributed by atoms with van der Waals surface area (Å²) in [5, 5.41) is 1.20. The molecule has 1 aliphatic heterocycles.